The van der Waals surface area contributed by atoms with E-state index < -0.39 is 0 Å². The Morgan fingerprint density at radius 1 is 0.255 bits per heavy atom. The van der Waals surface area contributed by atoms with E-state index in [1.54, 1.807) is 0 Å². The van der Waals surface area contributed by atoms with Gasteiger partial charge < -0.3 is 4.90 Å². The first-order valence-electron chi connectivity index (χ1n) is 18.9. The first-order valence-corrected chi connectivity index (χ1v) is 18.9. The van der Waals surface area contributed by atoms with E-state index in [1.807, 2.05) is 0 Å². The molecule has 0 atom stereocenters. The maximum Gasteiger partial charge on any atom is 0.0540 e. The highest BCUT2D eigenvalue weighted by Crippen LogP contribution is 2.42. The third-order valence-corrected chi connectivity index (χ3v) is 10.9. The Morgan fingerprint density at radius 2 is 0.709 bits per heavy atom. The molecular weight excluding hydrogens is 663 g/mol. The molecule has 10 rings (SSSR count). The Morgan fingerprint density at radius 3 is 1.42 bits per heavy atom. The molecule has 0 heterocycles. The Bertz CT molecular complexity index is 2940. The van der Waals surface area contributed by atoms with Gasteiger partial charge >= 0.3 is 0 Å². The molecule has 0 fully saturated rings. The van der Waals surface area contributed by atoms with Crippen LogP contribution in [-0.4, -0.2) is 0 Å². The van der Waals surface area contributed by atoms with E-state index in [0.29, 0.717) is 0 Å². The normalized spacial score (nSPS) is 11.3. The average molecular weight is 700 g/mol. The van der Waals surface area contributed by atoms with Crippen molar-refractivity contribution in [1.82, 2.24) is 0 Å². The molecule has 0 aliphatic rings. The summed E-state index contributed by atoms with van der Waals surface area (Å²) in [5.41, 5.74) is 13.1. The van der Waals surface area contributed by atoms with Gasteiger partial charge in [0.1, 0.15) is 0 Å². The Labute approximate surface area is 322 Å². The molecule has 0 aromatic heterocycles. The zero-order chi connectivity index (χ0) is 36.6. The van der Waals surface area contributed by atoms with Gasteiger partial charge in [-0.15, -0.1) is 0 Å². The Kier molecular flexibility index (Phi) is 8.24. The fourth-order valence-corrected chi connectivity index (χ4v) is 8.21. The molecule has 10 aromatic rings. The van der Waals surface area contributed by atoms with E-state index >= 15 is 0 Å². The van der Waals surface area contributed by atoms with Gasteiger partial charge in [0.2, 0.25) is 0 Å². The van der Waals surface area contributed by atoms with E-state index in [1.165, 1.54) is 76.8 Å². The molecule has 0 unspecified atom stereocenters. The van der Waals surface area contributed by atoms with Crippen molar-refractivity contribution in [3.63, 3.8) is 0 Å². The first kappa shape index (κ1) is 32.4. The highest BCUT2D eigenvalue weighted by Gasteiger charge is 2.17. The van der Waals surface area contributed by atoms with Crippen LogP contribution in [0.25, 0.3) is 76.8 Å². The minimum atomic E-state index is 1.11. The van der Waals surface area contributed by atoms with Crippen molar-refractivity contribution in [2.75, 3.05) is 4.90 Å². The summed E-state index contributed by atoms with van der Waals surface area (Å²) in [7, 11) is 0. The van der Waals surface area contributed by atoms with Crippen LogP contribution in [0.2, 0.25) is 0 Å². The fourth-order valence-electron chi connectivity index (χ4n) is 8.21. The number of hydrogen-bond acceptors (Lipinski definition) is 1. The van der Waals surface area contributed by atoms with Gasteiger partial charge in [-0.05, 0) is 108 Å². The highest BCUT2D eigenvalue weighted by molar-refractivity contribution is 6.07. The van der Waals surface area contributed by atoms with Crippen LogP contribution < -0.4 is 4.90 Å². The van der Waals surface area contributed by atoms with E-state index in [9.17, 15) is 0 Å². The van der Waals surface area contributed by atoms with Gasteiger partial charge in [-0.25, -0.2) is 0 Å². The van der Waals surface area contributed by atoms with Gasteiger partial charge in [-0.2, -0.15) is 0 Å². The van der Waals surface area contributed by atoms with Crippen LogP contribution in [0.4, 0.5) is 17.1 Å². The van der Waals surface area contributed by atoms with Crippen LogP contribution in [-0.2, 0) is 0 Å². The molecule has 0 aliphatic heterocycles. The Hall–Kier alpha value is -7.22. The third-order valence-electron chi connectivity index (χ3n) is 10.9. The predicted octanol–water partition coefficient (Wildman–Crippen LogP) is 15.3. The summed E-state index contributed by atoms with van der Waals surface area (Å²) in [5, 5.41) is 7.47. The zero-order valence-electron chi connectivity index (χ0n) is 30.3. The van der Waals surface area contributed by atoms with Crippen molar-refractivity contribution in [2.24, 2.45) is 0 Å². The zero-order valence-corrected chi connectivity index (χ0v) is 30.3. The molecule has 1 nitrogen and oxygen atoms in total. The molecule has 0 radical (unpaired) electrons. The molecule has 0 N–H and O–H groups in total. The first-order chi connectivity index (χ1) is 27.3. The van der Waals surface area contributed by atoms with Crippen molar-refractivity contribution < 1.29 is 0 Å². The molecule has 0 spiro atoms. The highest BCUT2D eigenvalue weighted by atomic mass is 15.1. The summed E-state index contributed by atoms with van der Waals surface area (Å²) in [6.45, 7) is 0. The molecule has 0 aliphatic carbocycles. The van der Waals surface area contributed by atoms with Crippen LogP contribution in [0.1, 0.15) is 0 Å². The van der Waals surface area contributed by atoms with Crippen molar-refractivity contribution in [2.45, 2.75) is 0 Å². The van der Waals surface area contributed by atoms with Gasteiger partial charge in [0.25, 0.3) is 0 Å². The quantitative estimate of drug-likeness (QED) is 0.160. The predicted molar refractivity (Wildman–Crippen MR) is 235 cm³/mol. The monoisotopic (exact) mass is 699 g/mol. The average Bonchev–Trinajstić information content (AvgIpc) is 3.27. The summed E-state index contributed by atoms with van der Waals surface area (Å²) in [6.07, 6.45) is 0. The number of fused-ring (bicyclic) bond motifs is 3. The molecular formula is C54H37N. The van der Waals surface area contributed by atoms with Gasteiger partial charge in [-0.1, -0.05) is 188 Å². The number of benzene rings is 10. The molecule has 55 heavy (non-hydrogen) atoms. The second-order valence-corrected chi connectivity index (χ2v) is 14.1. The van der Waals surface area contributed by atoms with Crippen LogP contribution in [0.15, 0.2) is 224 Å². The molecule has 0 saturated carbocycles. The number of anilines is 3. The lowest BCUT2D eigenvalue weighted by Crippen LogP contribution is -2.10. The van der Waals surface area contributed by atoms with Crippen molar-refractivity contribution in [3.05, 3.63) is 224 Å². The lowest BCUT2D eigenvalue weighted by molar-refractivity contribution is 1.30. The fraction of sp³-hybridized carbons (Fsp3) is 0. The number of hydrogen-bond donors (Lipinski definition) is 0. The largest absolute Gasteiger partial charge is 0.310 e. The summed E-state index contributed by atoms with van der Waals surface area (Å²) in [5.74, 6) is 0. The third kappa shape index (κ3) is 6.02. The van der Waals surface area contributed by atoms with Crippen molar-refractivity contribution >= 4 is 49.4 Å². The van der Waals surface area contributed by atoms with Crippen molar-refractivity contribution in [3.8, 4) is 44.5 Å². The molecule has 0 saturated heterocycles. The summed E-state index contributed by atoms with van der Waals surface area (Å²) in [6, 6.07) is 81.4. The lowest BCUT2D eigenvalue weighted by atomic mass is 9.90. The SMILES string of the molecule is c1ccc(-c2cccc3cccc(-c4cccc(-c5ccc(N(c6ccc(-c7cccc8ccccc78)cc6)c6cccc7ccccc67)cc5)c4)c23)cc1. The smallest absolute Gasteiger partial charge is 0.0540 e. The van der Waals surface area contributed by atoms with E-state index in [0.717, 1.165) is 17.1 Å². The van der Waals surface area contributed by atoms with Gasteiger partial charge in [0, 0.05) is 16.8 Å². The summed E-state index contributed by atoms with van der Waals surface area (Å²) < 4.78 is 0. The second kappa shape index (κ2) is 14.0. The molecule has 1 heteroatoms. The Balaban J connectivity index is 1.04. The minimum absolute atomic E-state index is 1.11. The molecule has 10 aromatic carbocycles. The van der Waals surface area contributed by atoms with Crippen LogP contribution in [0.3, 0.4) is 0 Å². The summed E-state index contributed by atoms with van der Waals surface area (Å²) >= 11 is 0. The maximum absolute atomic E-state index is 2.39. The number of rotatable bonds is 7. The van der Waals surface area contributed by atoms with Crippen molar-refractivity contribution in [1.29, 1.82) is 0 Å². The van der Waals surface area contributed by atoms with Gasteiger partial charge in [0.15, 0.2) is 0 Å². The van der Waals surface area contributed by atoms with Gasteiger partial charge in [0.05, 0.1) is 5.69 Å². The topological polar surface area (TPSA) is 3.24 Å². The number of nitrogens with zero attached hydrogens (tertiary/aromatic N) is 1. The van der Waals surface area contributed by atoms with E-state index in [4.69, 9.17) is 0 Å². The molecule has 258 valence electrons. The van der Waals surface area contributed by atoms with E-state index in [-0.39, 0.29) is 0 Å². The summed E-state index contributed by atoms with van der Waals surface area (Å²) in [4.78, 5) is 2.39. The van der Waals surface area contributed by atoms with E-state index in [2.05, 4.69) is 229 Å². The standard InChI is InChI=1S/C54H37N/c1-2-13-41(14-3-1)51-26-10-19-43-20-11-27-52(54(43)51)45-22-8-21-44(37-45)38-29-33-46(34-30-38)55(53-28-12-18-40-16-5-7-24-50(40)53)47-35-31-42(32-36-47)49-25-9-17-39-15-4-6-23-48(39)49/h1-37H. The molecule has 0 bridgehead atoms. The second-order valence-electron chi connectivity index (χ2n) is 14.1. The van der Waals surface area contributed by atoms with Gasteiger partial charge in [-0.3, -0.25) is 0 Å². The lowest BCUT2D eigenvalue weighted by Gasteiger charge is -2.27. The van der Waals surface area contributed by atoms with Crippen LogP contribution >= 0.6 is 0 Å². The maximum atomic E-state index is 2.39. The minimum Gasteiger partial charge on any atom is -0.310 e. The molecule has 0 amide bonds. The van der Waals surface area contributed by atoms with Crippen LogP contribution in [0.5, 0.6) is 0 Å². The van der Waals surface area contributed by atoms with Crippen LogP contribution in [0, 0.1) is 0 Å².